The molecule has 4 heteroatoms. The van der Waals surface area contributed by atoms with E-state index in [1.807, 2.05) is 12.1 Å². The normalized spacial score (nSPS) is 9.50. The molecule has 0 aromatic carbocycles. The molecule has 1 rings (SSSR count). The molecular weight excluding hydrogens is 176 g/mol. The quantitative estimate of drug-likeness (QED) is 0.541. The molecule has 0 unspecified atom stereocenters. The lowest BCUT2D eigenvalue weighted by Crippen LogP contribution is -2.15. The van der Waals surface area contributed by atoms with Gasteiger partial charge in [-0.1, -0.05) is 6.58 Å². The summed E-state index contributed by atoms with van der Waals surface area (Å²) in [6.45, 7) is 5.27. The Morgan fingerprint density at radius 3 is 2.50 bits per heavy atom. The molecular formula is C10H14N4. The Morgan fingerprint density at radius 1 is 1.50 bits per heavy atom. The van der Waals surface area contributed by atoms with Crippen molar-refractivity contribution in [3.05, 3.63) is 35.9 Å². The van der Waals surface area contributed by atoms with Crippen LogP contribution in [0.25, 0.3) is 11.6 Å². The van der Waals surface area contributed by atoms with Crippen LogP contribution in [0.15, 0.2) is 24.5 Å². The predicted molar refractivity (Wildman–Crippen MR) is 59.6 cm³/mol. The molecule has 1 heterocycles. The van der Waals surface area contributed by atoms with Gasteiger partial charge in [-0.2, -0.15) is 0 Å². The molecule has 0 aliphatic heterocycles. The zero-order valence-corrected chi connectivity index (χ0v) is 8.09. The van der Waals surface area contributed by atoms with E-state index >= 15 is 0 Å². The van der Waals surface area contributed by atoms with Crippen LogP contribution in [-0.4, -0.2) is 10.7 Å². The number of rotatable bonds is 3. The first-order valence-electron chi connectivity index (χ1n) is 4.18. The molecule has 0 aliphatic carbocycles. The van der Waals surface area contributed by atoms with Crippen LogP contribution in [0, 0.1) is 5.41 Å². The first-order chi connectivity index (χ1) is 6.56. The highest BCUT2D eigenvalue weighted by Gasteiger charge is 2.08. The molecule has 0 radical (unpaired) electrons. The van der Waals surface area contributed by atoms with Gasteiger partial charge >= 0.3 is 0 Å². The average molecular weight is 190 g/mol. The molecule has 0 aliphatic rings. The van der Waals surface area contributed by atoms with Crippen LogP contribution in [0.2, 0.25) is 0 Å². The molecule has 0 saturated carbocycles. The third-order valence-corrected chi connectivity index (χ3v) is 1.86. The number of H-pyrrole nitrogens is 1. The van der Waals surface area contributed by atoms with Crippen molar-refractivity contribution >= 4 is 17.4 Å². The molecule has 0 fully saturated rings. The third-order valence-electron chi connectivity index (χ3n) is 1.86. The van der Waals surface area contributed by atoms with Crippen molar-refractivity contribution in [1.29, 1.82) is 5.41 Å². The molecule has 4 nitrogen and oxygen atoms in total. The summed E-state index contributed by atoms with van der Waals surface area (Å²) >= 11 is 0. The monoisotopic (exact) mass is 190 g/mol. The number of aromatic nitrogens is 1. The van der Waals surface area contributed by atoms with E-state index in [2.05, 4.69) is 11.6 Å². The topological polar surface area (TPSA) is 91.7 Å². The second-order valence-corrected chi connectivity index (χ2v) is 2.99. The highest BCUT2D eigenvalue weighted by molar-refractivity contribution is 6.21. The number of hydrogen-bond acceptors (Lipinski definition) is 3. The van der Waals surface area contributed by atoms with Gasteiger partial charge in [0.15, 0.2) is 0 Å². The molecule has 74 valence electrons. The summed E-state index contributed by atoms with van der Waals surface area (Å²) in [6.07, 6.45) is 1.69. The minimum atomic E-state index is 0.148. The lowest BCUT2D eigenvalue weighted by atomic mass is 10.1. The molecule has 1 aromatic heterocycles. The minimum absolute atomic E-state index is 0.148. The van der Waals surface area contributed by atoms with Crippen LogP contribution in [0.5, 0.6) is 0 Å². The van der Waals surface area contributed by atoms with Crippen LogP contribution in [0.3, 0.4) is 0 Å². The number of nitrogens with one attached hydrogen (secondary N) is 2. The number of hydrogen-bond donors (Lipinski definition) is 4. The average Bonchev–Trinajstić information content (AvgIpc) is 2.51. The summed E-state index contributed by atoms with van der Waals surface area (Å²) in [5, 5.41) is 7.52. The summed E-state index contributed by atoms with van der Waals surface area (Å²) in [6, 6.07) is 3.68. The van der Waals surface area contributed by atoms with Crippen molar-refractivity contribution in [2.24, 2.45) is 11.5 Å². The lowest BCUT2D eigenvalue weighted by Gasteiger charge is -2.05. The van der Waals surface area contributed by atoms with E-state index in [-0.39, 0.29) is 5.82 Å². The fourth-order valence-electron chi connectivity index (χ4n) is 1.25. The summed E-state index contributed by atoms with van der Waals surface area (Å²) in [5.74, 6) is 0.148. The maximum Gasteiger partial charge on any atom is 0.105 e. The minimum Gasteiger partial charge on any atom is -0.385 e. The van der Waals surface area contributed by atoms with Gasteiger partial charge in [0, 0.05) is 11.4 Å². The number of allylic oxidation sites excluding steroid dienone is 1. The zero-order valence-electron chi connectivity index (χ0n) is 8.09. The van der Waals surface area contributed by atoms with Crippen molar-refractivity contribution in [2.45, 2.75) is 6.92 Å². The molecule has 0 spiro atoms. The van der Waals surface area contributed by atoms with Crippen molar-refractivity contribution in [3.63, 3.8) is 0 Å². The molecule has 1 aromatic rings. The van der Waals surface area contributed by atoms with Gasteiger partial charge in [-0.05, 0) is 25.1 Å². The van der Waals surface area contributed by atoms with Crippen molar-refractivity contribution in [3.8, 4) is 0 Å². The molecule has 6 N–H and O–H groups in total. The number of nitrogens with two attached hydrogens (primary N) is 2. The largest absolute Gasteiger partial charge is 0.385 e. The fraction of sp³-hybridized carbons (Fsp3) is 0.100. The Hall–Kier alpha value is -1.97. The summed E-state index contributed by atoms with van der Waals surface area (Å²) in [5.41, 5.74) is 13.5. The van der Waals surface area contributed by atoms with Gasteiger partial charge in [-0.25, -0.2) is 0 Å². The molecule has 0 atom stereocenters. The van der Waals surface area contributed by atoms with Crippen LogP contribution < -0.4 is 11.5 Å². The van der Waals surface area contributed by atoms with E-state index in [1.54, 1.807) is 13.0 Å². The SMILES string of the molecule is C=Cc1ccc(C(C(C)=N)=C(N)N)[nH]1. The maximum atomic E-state index is 7.52. The Balaban J connectivity index is 3.20. The van der Waals surface area contributed by atoms with Crippen LogP contribution in [0.4, 0.5) is 0 Å². The maximum absolute atomic E-state index is 7.52. The van der Waals surface area contributed by atoms with Crippen molar-refractivity contribution < 1.29 is 0 Å². The van der Waals surface area contributed by atoms with Gasteiger partial charge in [0.2, 0.25) is 0 Å². The Kier molecular flexibility index (Phi) is 2.76. The predicted octanol–water partition coefficient (Wildman–Crippen LogP) is 1.28. The first kappa shape index (κ1) is 10.1. The van der Waals surface area contributed by atoms with Crippen LogP contribution >= 0.6 is 0 Å². The Morgan fingerprint density at radius 2 is 2.14 bits per heavy atom. The number of aromatic amines is 1. The highest BCUT2D eigenvalue weighted by Crippen LogP contribution is 2.16. The van der Waals surface area contributed by atoms with E-state index in [4.69, 9.17) is 16.9 Å². The van der Waals surface area contributed by atoms with Gasteiger partial charge in [-0.3, -0.25) is 0 Å². The molecule has 14 heavy (non-hydrogen) atoms. The lowest BCUT2D eigenvalue weighted by molar-refractivity contribution is 1.23. The molecule has 0 saturated heterocycles. The van der Waals surface area contributed by atoms with E-state index in [0.29, 0.717) is 11.3 Å². The fourth-order valence-corrected chi connectivity index (χ4v) is 1.25. The van der Waals surface area contributed by atoms with E-state index < -0.39 is 0 Å². The van der Waals surface area contributed by atoms with Gasteiger partial charge in [0.1, 0.15) is 5.82 Å². The van der Waals surface area contributed by atoms with Gasteiger partial charge in [-0.15, -0.1) is 0 Å². The molecule has 0 bridgehead atoms. The molecule has 0 amide bonds. The van der Waals surface area contributed by atoms with Gasteiger partial charge in [0.25, 0.3) is 0 Å². The summed E-state index contributed by atoms with van der Waals surface area (Å²) in [7, 11) is 0. The van der Waals surface area contributed by atoms with Crippen LogP contribution in [-0.2, 0) is 0 Å². The van der Waals surface area contributed by atoms with Gasteiger partial charge in [0.05, 0.1) is 11.3 Å². The summed E-state index contributed by atoms with van der Waals surface area (Å²) in [4.78, 5) is 3.05. The van der Waals surface area contributed by atoms with Crippen molar-refractivity contribution in [2.75, 3.05) is 0 Å². The third kappa shape index (κ3) is 1.85. The smallest absolute Gasteiger partial charge is 0.105 e. The zero-order chi connectivity index (χ0) is 10.7. The first-order valence-corrected chi connectivity index (χ1v) is 4.18. The second-order valence-electron chi connectivity index (χ2n) is 2.99. The van der Waals surface area contributed by atoms with Gasteiger partial charge < -0.3 is 21.9 Å². The Labute approximate surface area is 82.8 Å². The Bertz CT molecular complexity index is 394. The highest BCUT2D eigenvalue weighted by atomic mass is 14.8. The summed E-state index contributed by atoms with van der Waals surface area (Å²) < 4.78 is 0. The van der Waals surface area contributed by atoms with Crippen LogP contribution in [0.1, 0.15) is 18.3 Å². The second kappa shape index (κ2) is 3.83. The van der Waals surface area contributed by atoms with Crippen molar-refractivity contribution in [1.82, 2.24) is 4.98 Å². The standard InChI is InChI=1S/C10H14N4/c1-3-7-4-5-8(14-7)9(6(2)11)10(12)13/h3-5,11,14H,1,12-13H2,2H3. The van der Waals surface area contributed by atoms with E-state index in [1.165, 1.54) is 0 Å². The van der Waals surface area contributed by atoms with E-state index in [0.717, 1.165) is 11.4 Å². The van der Waals surface area contributed by atoms with E-state index in [9.17, 15) is 0 Å².